The van der Waals surface area contributed by atoms with Crippen molar-refractivity contribution in [3.8, 4) is 0 Å². The fourth-order valence-electron chi connectivity index (χ4n) is 4.42. The lowest BCUT2D eigenvalue weighted by atomic mass is 10.2. The molecule has 0 spiro atoms. The third-order valence-corrected chi connectivity index (χ3v) is 9.51. The second kappa shape index (κ2) is 11.7. The van der Waals surface area contributed by atoms with Gasteiger partial charge >= 0.3 is 6.09 Å². The highest BCUT2D eigenvalue weighted by atomic mass is 32.2. The Labute approximate surface area is 236 Å². The number of thiazole rings is 1. The van der Waals surface area contributed by atoms with Crippen molar-refractivity contribution in [1.29, 1.82) is 0 Å². The molecule has 4 aromatic rings. The van der Waals surface area contributed by atoms with Crippen molar-refractivity contribution in [1.82, 2.24) is 19.2 Å². The zero-order chi connectivity index (χ0) is 28.3. The predicted octanol–water partition coefficient (Wildman–Crippen LogP) is 4.31. The van der Waals surface area contributed by atoms with Gasteiger partial charge in [0.1, 0.15) is 0 Å². The first kappa shape index (κ1) is 27.7. The van der Waals surface area contributed by atoms with Crippen LogP contribution in [0.25, 0.3) is 10.2 Å². The summed E-state index contributed by atoms with van der Waals surface area (Å²) in [4.78, 5) is 38.0. The number of ether oxygens (including phenoxy) is 1. The van der Waals surface area contributed by atoms with E-state index in [0.717, 1.165) is 15.8 Å². The normalized spacial score (nSPS) is 14.3. The van der Waals surface area contributed by atoms with Gasteiger partial charge in [0.25, 0.3) is 5.91 Å². The molecular weight excluding hydrogens is 550 g/mol. The summed E-state index contributed by atoms with van der Waals surface area (Å²) in [7, 11) is -3.80. The minimum atomic E-state index is -3.80. The van der Waals surface area contributed by atoms with Crippen LogP contribution in [0.2, 0.25) is 0 Å². The number of pyridine rings is 1. The quantitative estimate of drug-likeness (QED) is 0.321. The molecule has 1 fully saturated rings. The van der Waals surface area contributed by atoms with E-state index in [1.54, 1.807) is 18.0 Å². The van der Waals surface area contributed by atoms with E-state index in [1.165, 1.54) is 44.8 Å². The fourth-order valence-corrected chi connectivity index (χ4v) is 6.90. The Morgan fingerprint density at radius 3 is 2.45 bits per heavy atom. The lowest BCUT2D eigenvalue weighted by Gasteiger charge is -2.33. The Bertz CT molecular complexity index is 1620. The van der Waals surface area contributed by atoms with Crippen LogP contribution >= 0.6 is 11.3 Å². The highest BCUT2D eigenvalue weighted by Gasteiger charge is 2.31. The van der Waals surface area contributed by atoms with Gasteiger partial charge in [-0.1, -0.05) is 23.5 Å². The number of aryl methyl sites for hydroxylation is 1. The highest BCUT2D eigenvalue weighted by molar-refractivity contribution is 7.89. The van der Waals surface area contributed by atoms with Crippen LogP contribution in [-0.4, -0.2) is 72.4 Å². The number of anilines is 1. The Hall–Kier alpha value is -3.87. The second-order valence-corrected chi connectivity index (χ2v) is 12.2. The zero-order valence-electron chi connectivity index (χ0n) is 22.2. The van der Waals surface area contributed by atoms with Gasteiger partial charge in [-0.25, -0.2) is 18.2 Å². The molecule has 0 bridgehead atoms. The van der Waals surface area contributed by atoms with Crippen LogP contribution in [0.15, 0.2) is 71.8 Å². The molecule has 208 valence electrons. The van der Waals surface area contributed by atoms with Gasteiger partial charge in [0.15, 0.2) is 5.13 Å². The number of hydrogen-bond acceptors (Lipinski definition) is 8. The van der Waals surface area contributed by atoms with Crippen molar-refractivity contribution in [3.63, 3.8) is 0 Å². The molecular formula is C28H29N5O5S2. The molecule has 0 unspecified atom stereocenters. The molecule has 3 heterocycles. The standard InChI is InChI=1S/C28H29N5O5S2/c1-3-38-28(35)31-14-16-32(17-15-31)40(36,37)23-10-8-21(9-11-23)26(34)33(19-22-6-4-5-13-29-22)27-30-24-12-7-20(2)18-25(24)39-27/h4-13,18H,3,14-17,19H2,1-2H3. The number of benzene rings is 2. The molecule has 10 nitrogen and oxygen atoms in total. The Kier molecular flexibility index (Phi) is 8.10. The molecule has 0 saturated carbocycles. The summed E-state index contributed by atoms with van der Waals surface area (Å²) >= 11 is 1.42. The average molecular weight is 580 g/mol. The van der Waals surface area contributed by atoms with E-state index in [2.05, 4.69) is 4.98 Å². The number of piperazine rings is 1. The summed E-state index contributed by atoms with van der Waals surface area (Å²) in [5.41, 5.74) is 2.93. The molecule has 1 aliphatic heterocycles. The van der Waals surface area contributed by atoms with Gasteiger partial charge < -0.3 is 9.64 Å². The van der Waals surface area contributed by atoms with Crippen LogP contribution < -0.4 is 4.90 Å². The number of amides is 2. The Balaban J connectivity index is 1.37. The molecule has 0 radical (unpaired) electrons. The number of carbonyl (C=O) groups is 2. The van der Waals surface area contributed by atoms with Gasteiger partial charge in [0.05, 0.1) is 34.0 Å². The molecule has 2 aromatic heterocycles. The molecule has 0 N–H and O–H groups in total. The number of sulfonamides is 1. The van der Waals surface area contributed by atoms with E-state index in [4.69, 9.17) is 9.72 Å². The van der Waals surface area contributed by atoms with Crippen LogP contribution in [0.1, 0.15) is 28.5 Å². The van der Waals surface area contributed by atoms with Gasteiger partial charge in [-0.3, -0.25) is 14.7 Å². The topological polar surface area (TPSA) is 113 Å². The molecule has 1 saturated heterocycles. The predicted molar refractivity (Wildman–Crippen MR) is 153 cm³/mol. The summed E-state index contributed by atoms with van der Waals surface area (Å²) in [5.74, 6) is -0.312. The minimum Gasteiger partial charge on any atom is -0.450 e. The van der Waals surface area contributed by atoms with Crippen molar-refractivity contribution >= 4 is 48.7 Å². The van der Waals surface area contributed by atoms with Gasteiger partial charge in [-0.15, -0.1) is 0 Å². The van der Waals surface area contributed by atoms with E-state index in [9.17, 15) is 18.0 Å². The van der Waals surface area contributed by atoms with E-state index >= 15 is 0 Å². The largest absolute Gasteiger partial charge is 0.450 e. The third kappa shape index (κ3) is 5.83. The second-order valence-electron chi connectivity index (χ2n) is 9.29. The fraction of sp³-hybridized carbons (Fsp3) is 0.286. The first-order chi connectivity index (χ1) is 19.3. The van der Waals surface area contributed by atoms with Gasteiger partial charge in [-0.05, 0) is 67.9 Å². The first-order valence-corrected chi connectivity index (χ1v) is 15.1. The van der Waals surface area contributed by atoms with E-state index in [0.29, 0.717) is 16.4 Å². The molecule has 1 aliphatic rings. The van der Waals surface area contributed by atoms with Crippen LogP contribution in [0, 0.1) is 6.92 Å². The summed E-state index contributed by atoms with van der Waals surface area (Å²) in [6.45, 7) is 5.03. The van der Waals surface area contributed by atoms with E-state index in [1.807, 2.05) is 43.3 Å². The van der Waals surface area contributed by atoms with E-state index in [-0.39, 0.29) is 50.1 Å². The number of rotatable bonds is 7. The van der Waals surface area contributed by atoms with Crippen LogP contribution in [-0.2, 0) is 21.3 Å². The van der Waals surface area contributed by atoms with Gasteiger partial charge in [-0.2, -0.15) is 4.31 Å². The maximum absolute atomic E-state index is 13.8. The highest BCUT2D eigenvalue weighted by Crippen LogP contribution is 2.31. The molecule has 12 heteroatoms. The number of nitrogens with zero attached hydrogens (tertiary/aromatic N) is 5. The minimum absolute atomic E-state index is 0.0837. The smallest absolute Gasteiger partial charge is 0.409 e. The lowest BCUT2D eigenvalue weighted by Crippen LogP contribution is -2.50. The van der Waals surface area contributed by atoms with Crippen molar-refractivity contribution in [2.45, 2.75) is 25.3 Å². The molecule has 5 rings (SSSR count). The Morgan fingerprint density at radius 2 is 1.77 bits per heavy atom. The summed E-state index contributed by atoms with van der Waals surface area (Å²) in [6.07, 6.45) is 1.23. The molecule has 0 atom stereocenters. The zero-order valence-corrected chi connectivity index (χ0v) is 23.8. The summed E-state index contributed by atoms with van der Waals surface area (Å²) in [5, 5.41) is 0.535. The van der Waals surface area contributed by atoms with E-state index < -0.39 is 16.1 Å². The van der Waals surface area contributed by atoms with Gasteiger partial charge in [0, 0.05) is 37.9 Å². The summed E-state index contributed by atoms with van der Waals surface area (Å²) < 4.78 is 33.9. The molecule has 2 aromatic carbocycles. The van der Waals surface area contributed by atoms with Crippen molar-refractivity contribution in [3.05, 3.63) is 83.7 Å². The van der Waals surface area contributed by atoms with Crippen LogP contribution in [0.5, 0.6) is 0 Å². The lowest BCUT2D eigenvalue weighted by molar-refractivity contribution is 0.0933. The van der Waals surface area contributed by atoms with Gasteiger partial charge in [0.2, 0.25) is 10.0 Å². The Morgan fingerprint density at radius 1 is 1.02 bits per heavy atom. The maximum Gasteiger partial charge on any atom is 0.409 e. The van der Waals surface area contributed by atoms with Crippen LogP contribution in [0.4, 0.5) is 9.93 Å². The van der Waals surface area contributed by atoms with Crippen molar-refractivity contribution in [2.24, 2.45) is 0 Å². The van der Waals surface area contributed by atoms with Crippen molar-refractivity contribution < 1.29 is 22.7 Å². The average Bonchev–Trinajstić information content (AvgIpc) is 3.39. The first-order valence-electron chi connectivity index (χ1n) is 12.9. The molecule has 0 aliphatic carbocycles. The number of hydrogen-bond donors (Lipinski definition) is 0. The summed E-state index contributed by atoms with van der Waals surface area (Å²) in [6, 6.07) is 17.4. The van der Waals surface area contributed by atoms with Crippen molar-refractivity contribution in [2.75, 3.05) is 37.7 Å². The maximum atomic E-state index is 13.8. The number of fused-ring (bicyclic) bond motifs is 1. The SMILES string of the molecule is CCOC(=O)N1CCN(S(=O)(=O)c2ccc(C(=O)N(Cc3ccccn3)c3nc4ccc(C)cc4s3)cc2)CC1. The monoisotopic (exact) mass is 579 g/mol. The van der Waals surface area contributed by atoms with Crippen LogP contribution in [0.3, 0.4) is 0 Å². The number of carbonyl (C=O) groups excluding carboxylic acids is 2. The molecule has 2 amide bonds. The molecule has 40 heavy (non-hydrogen) atoms. The third-order valence-electron chi connectivity index (χ3n) is 6.56. The number of aromatic nitrogens is 2.